The smallest absolute Gasteiger partial charge is 0.181 e. The first kappa shape index (κ1) is 11.1. The van der Waals surface area contributed by atoms with Crippen molar-refractivity contribution in [2.24, 2.45) is 5.73 Å². The number of fused-ring (bicyclic) bond motifs is 1. The first-order valence-electron chi connectivity index (χ1n) is 6.98. The lowest BCUT2D eigenvalue weighted by Crippen LogP contribution is -2.22. The van der Waals surface area contributed by atoms with Gasteiger partial charge in [0.1, 0.15) is 5.82 Å². The topological polar surface area (TPSA) is 69.6 Å². The molecule has 2 aromatic heterocycles. The molecule has 0 spiro atoms. The molecule has 2 aliphatic rings. The second-order valence-electron chi connectivity index (χ2n) is 5.51. The molecule has 5 nitrogen and oxygen atoms in total. The number of hydrogen-bond donors (Lipinski definition) is 1. The van der Waals surface area contributed by atoms with E-state index in [9.17, 15) is 0 Å². The minimum Gasteiger partial charge on any atom is -0.321 e. The number of aryl methyl sites for hydroxylation is 1. The maximum Gasteiger partial charge on any atom is 0.181 e. The van der Waals surface area contributed by atoms with Gasteiger partial charge in [-0.05, 0) is 37.8 Å². The van der Waals surface area contributed by atoms with Crippen LogP contribution in [0.1, 0.15) is 49.2 Å². The van der Waals surface area contributed by atoms with Gasteiger partial charge in [0.25, 0.3) is 0 Å². The van der Waals surface area contributed by atoms with Gasteiger partial charge in [-0.25, -0.2) is 9.67 Å². The summed E-state index contributed by atoms with van der Waals surface area (Å²) in [6, 6.07) is 4.14. The molecule has 0 aromatic carbocycles. The lowest BCUT2D eigenvalue weighted by molar-refractivity contribution is 0.422. The van der Waals surface area contributed by atoms with Crippen LogP contribution < -0.4 is 5.73 Å². The van der Waals surface area contributed by atoms with E-state index in [2.05, 4.69) is 21.1 Å². The van der Waals surface area contributed by atoms with Gasteiger partial charge in [0.05, 0.1) is 6.04 Å². The number of aromatic nitrogens is 4. The van der Waals surface area contributed by atoms with Gasteiger partial charge in [-0.3, -0.25) is 4.98 Å². The van der Waals surface area contributed by atoms with Gasteiger partial charge in [0, 0.05) is 29.9 Å². The lowest BCUT2D eigenvalue weighted by atomic mass is 10.1. The summed E-state index contributed by atoms with van der Waals surface area (Å²) in [5, 5.41) is 4.59. The van der Waals surface area contributed by atoms with Crippen molar-refractivity contribution in [3.05, 3.63) is 29.8 Å². The van der Waals surface area contributed by atoms with Crippen molar-refractivity contribution in [3.8, 4) is 11.4 Å². The van der Waals surface area contributed by atoms with Gasteiger partial charge < -0.3 is 5.73 Å². The third kappa shape index (κ3) is 1.94. The van der Waals surface area contributed by atoms with Gasteiger partial charge in [0.2, 0.25) is 0 Å². The molecule has 1 aliphatic heterocycles. The maximum atomic E-state index is 6.09. The Labute approximate surface area is 111 Å². The van der Waals surface area contributed by atoms with Gasteiger partial charge in [-0.2, -0.15) is 5.10 Å². The Morgan fingerprint density at radius 2 is 2.16 bits per heavy atom. The van der Waals surface area contributed by atoms with E-state index in [-0.39, 0.29) is 6.04 Å². The van der Waals surface area contributed by atoms with Crippen LogP contribution in [0.4, 0.5) is 0 Å². The van der Waals surface area contributed by atoms with Crippen molar-refractivity contribution in [3.63, 3.8) is 0 Å². The summed E-state index contributed by atoms with van der Waals surface area (Å²) in [6.45, 7) is 0.927. The van der Waals surface area contributed by atoms with E-state index in [4.69, 9.17) is 5.73 Å². The highest BCUT2D eigenvalue weighted by molar-refractivity contribution is 5.55. The van der Waals surface area contributed by atoms with Gasteiger partial charge >= 0.3 is 0 Å². The fraction of sp³-hybridized carbons (Fsp3) is 0.500. The zero-order chi connectivity index (χ0) is 12.8. The van der Waals surface area contributed by atoms with Crippen LogP contribution in [-0.4, -0.2) is 19.7 Å². The molecule has 4 rings (SSSR count). The highest BCUT2D eigenvalue weighted by Crippen LogP contribution is 2.39. The Hall–Kier alpha value is -1.75. The zero-order valence-corrected chi connectivity index (χ0v) is 10.8. The molecule has 1 unspecified atom stereocenters. The van der Waals surface area contributed by atoms with E-state index < -0.39 is 0 Å². The van der Waals surface area contributed by atoms with E-state index in [0.29, 0.717) is 5.92 Å². The summed E-state index contributed by atoms with van der Waals surface area (Å²) in [6.07, 6.45) is 6.47. The van der Waals surface area contributed by atoms with Gasteiger partial charge in [0.15, 0.2) is 5.82 Å². The van der Waals surface area contributed by atoms with Crippen LogP contribution in [0.3, 0.4) is 0 Å². The van der Waals surface area contributed by atoms with Crippen molar-refractivity contribution in [1.29, 1.82) is 0 Å². The van der Waals surface area contributed by atoms with E-state index in [0.717, 1.165) is 36.6 Å². The Bertz CT molecular complexity index is 614. The second kappa shape index (κ2) is 4.13. The molecule has 2 aromatic rings. The molecule has 0 saturated heterocycles. The molecule has 1 fully saturated rings. The van der Waals surface area contributed by atoms with E-state index in [1.54, 1.807) is 0 Å². The fourth-order valence-corrected chi connectivity index (χ4v) is 2.70. The highest BCUT2D eigenvalue weighted by atomic mass is 15.4. The molecule has 1 aliphatic carbocycles. The van der Waals surface area contributed by atoms with Crippen molar-refractivity contribution in [2.75, 3.05) is 0 Å². The molecule has 1 saturated carbocycles. The summed E-state index contributed by atoms with van der Waals surface area (Å²) < 4.78 is 1.96. The third-order valence-electron chi connectivity index (χ3n) is 3.95. The molecule has 0 bridgehead atoms. The van der Waals surface area contributed by atoms with Crippen molar-refractivity contribution in [1.82, 2.24) is 19.7 Å². The number of rotatable bonds is 2. The minimum atomic E-state index is 0.0275. The summed E-state index contributed by atoms with van der Waals surface area (Å²) in [7, 11) is 0. The van der Waals surface area contributed by atoms with E-state index in [1.807, 2.05) is 16.9 Å². The van der Waals surface area contributed by atoms with Crippen molar-refractivity contribution in [2.45, 2.75) is 44.2 Å². The minimum absolute atomic E-state index is 0.0275. The molecular formula is C14H17N5. The Morgan fingerprint density at radius 3 is 2.95 bits per heavy atom. The van der Waals surface area contributed by atoms with Crippen LogP contribution in [0.2, 0.25) is 0 Å². The molecule has 2 N–H and O–H groups in total. The normalized spacial score (nSPS) is 22.3. The molecule has 0 radical (unpaired) electrons. The zero-order valence-electron chi connectivity index (χ0n) is 10.8. The molecule has 5 heteroatoms. The van der Waals surface area contributed by atoms with Crippen LogP contribution in [-0.2, 0) is 6.54 Å². The van der Waals surface area contributed by atoms with Crippen molar-refractivity contribution >= 4 is 0 Å². The van der Waals surface area contributed by atoms with Gasteiger partial charge in [-0.15, -0.1) is 0 Å². The Balaban J connectivity index is 1.73. The number of nitrogens with two attached hydrogens (primary N) is 1. The standard InChI is InChI=1S/C14H17N5/c15-11-2-1-7-19-14(11)17-13(18-19)10-5-6-16-12(8-10)9-3-4-9/h5-6,8-9,11H,1-4,7,15H2. The Kier molecular flexibility index (Phi) is 2.41. The molecule has 3 heterocycles. The summed E-state index contributed by atoms with van der Waals surface area (Å²) in [5.41, 5.74) is 8.33. The summed E-state index contributed by atoms with van der Waals surface area (Å²) in [4.78, 5) is 9.06. The predicted molar refractivity (Wildman–Crippen MR) is 71.4 cm³/mol. The molecular weight excluding hydrogens is 238 g/mol. The van der Waals surface area contributed by atoms with Crippen LogP contribution in [0.5, 0.6) is 0 Å². The summed E-state index contributed by atoms with van der Waals surface area (Å²) in [5.74, 6) is 2.36. The second-order valence-corrected chi connectivity index (χ2v) is 5.51. The molecule has 19 heavy (non-hydrogen) atoms. The monoisotopic (exact) mass is 255 g/mol. The quantitative estimate of drug-likeness (QED) is 0.891. The molecule has 98 valence electrons. The van der Waals surface area contributed by atoms with E-state index >= 15 is 0 Å². The van der Waals surface area contributed by atoms with Gasteiger partial charge in [-0.1, -0.05) is 0 Å². The first-order chi connectivity index (χ1) is 9.31. The predicted octanol–water partition coefficient (Wildman–Crippen LogP) is 2.01. The average molecular weight is 255 g/mol. The third-order valence-corrected chi connectivity index (χ3v) is 3.95. The first-order valence-corrected chi connectivity index (χ1v) is 6.98. The van der Waals surface area contributed by atoms with Crippen LogP contribution in [0.25, 0.3) is 11.4 Å². The fourth-order valence-electron chi connectivity index (χ4n) is 2.70. The number of hydrogen-bond acceptors (Lipinski definition) is 4. The summed E-state index contributed by atoms with van der Waals surface area (Å²) >= 11 is 0. The highest BCUT2D eigenvalue weighted by Gasteiger charge is 2.26. The molecule has 0 amide bonds. The Morgan fingerprint density at radius 1 is 1.26 bits per heavy atom. The lowest BCUT2D eigenvalue weighted by Gasteiger charge is -2.17. The largest absolute Gasteiger partial charge is 0.321 e. The molecule has 1 atom stereocenters. The van der Waals surface area contributed by atoms with Crippen LogP contribution in [0.15, 0.2) is 18.3 Å². The number of nitrogens with zero attached hydrogens (tertiary/aromatic N) is 4. The van der Waals surface area contributed by atoms with Crippen molar-refractivity contribution < 1.29 is 0 Å². The SMILES string of the molecule is NC1CCCn2nc(-c3ccnc(C4CC4)c3)nc21. The average Bonchev–Trinajstić information content (AvgIpc) is 3.19. The number of pyridine rings is 1. The van der Waals surface area contributed by atoms with Crippen LogP contribution in [0, 0.1) is 0 Å². The van der Waals surface area contributed by atoms with Crippen LogP contribution >= 0.6 is 0 Å². The maximum absolute atomic E-state index is 6.09. The van der Waals surface area contributed by atoms with E-state index in [1.165, 1.54) is 18.5 Å².